The lowest BCUT2D eigenvalue weighted by Crippen LogP contribution is -2.16. The van der Waals surface area contributed by atoms with Gasteiger partial charge in [-0.05, 0) is 43.5 Å². The molecular weight excluding hydrogens is 258 g/mol. The van der Waals surface area contributed by atoms with Gasteiger partial charge in [0.2, 0.25) is 5.91 Å². The maximum Gasteiger partial charge on any atom is 0.224 e. The lowest BCUT2D eigenvalue weighted by molar-refractivity contribution is -0.116. The van der Waals surface area contributed by atoms with E-state index in [4.69, 9.17) is 15.7 Å². The van der Waals surface area contributed by atoms with Crippen molar-refractivity contribution in [2.75, 3.05) is 11.9 Å². The van der Waals surface area contributed by atoms with Gasteiger partial charge in [0, 0.05) is 24.3 Å². The number of benzene rings is 1. The minimum absolute atomic E-state index is 0.0305. The van der Waals surface area contributed by atoms with Crippen LogP contribution in [0.1, 0.15) is 31.2 Å². The number of hydrogen-bond donors (Lipinski definition) is 3. The van der Waals surface area contributed by atoms with E-state index in [-0.39, 0.29) is 17.8 Å². The molecule has 1 unspecified atom stereocenters. The van der Waals surface area contributed by atoms with Crippen molar-refractivity contribution >= 4 is 17.4 Å². The first kappa shape index (κ1) is 14.3. The third-order valence-corrected chi connectivity index (χ3v) is 3.29. The number of nitrogens with zero attached hydrogens (tertiary/aromatic N) is 1. The Labute approximate surface area is 117 Å². The third kappa shape index (κ3) is 3.96. The molecule has 1 aromatic carbocycles. The highest BCUT2D eigenvalue weighted by Crippen LogP contribution is 2.17. The molecule has 1 fully saturated rings. The first-order chi connectivity index (χ1) is 9.69. The topological polar surface area (TPSA) is 96.9 Å². The van der Waals surface area contributed by atoms with Gasteiger partial charge in [0.25, 0.3) is 0 Å². The van der Waals surface area contributed by atoms with E-state index >= 15 is 0 Å². The fourth-order valence-electron chi connectivity index (χ4n) is 2.17. The predicted octanol–water partition coefficient (Wildman–Crippen LogP) is 1.68. The van der Waals surface area contributed by atoms with Crippen LogP contribution in [0.25, 0.3) is 0 Å². The Morgan fingerprint density at radius 2 is 2.20 bits per heavy atom. The molecule has 1 saturated heterocycles. The lowest BCUT2D eigenvalue weighted by Gasteiger charge is -2.09. The summed E-state index contributed by atoms with van der Waals surface area (Å²) in [5.41, 5.74) is 6.76. The monoisotopic (exact) mass is 277 g/mol. The number of anilines is 1. The molecule has 1 aromatic rings. The van der Waals surface area contributed by atoms with E-state index in [1.165, 1.54) is 0 Å². The quantitative estimate of drug-likeness (QED) is 0.330. The number of carbonyl (C=O) groups is 1. The average molecular weight is 277 g/mol. The maximum atomic E-state index is 11.8. The van der Waals surface area contributed by atoms with Gasteiger partial charge in [-0.25, -0.2) is 0 Å². The van der Waals surface area contributed by atoms with Crippen LogP contribution in [-0.4, -0.2) is 29.7 Å². The number of oxime groups is 1. The first-order valence-electron chi connectivity index (χ1n) is 6.68. The molecule has 6 heteroatoms. The largest absolute Gasteiger partial charge is 0.409 e. The van der Waals surface area contributed by atoms with E-state index < -0.39 is 0 Å². The van der Waals surface area contributed by atoms with Crippen LogP contribution in [-0.2, 0) is 9.53 Å². The maximum absolute atomic E-state index is 11.8. The molecule has 2 rings (SSSR count). The molecule has 1 aliphatic rings. The molecule has 0 bridgehead atoms. The van der Waals surface area contributed by atoms with Crippen molar-refractivity contribution in [3.63, 3.8) is 0 Å². The SMILES string of the molecule is NC(=NO)c1ccc(NC(=O)CCC2CCCO2)cc1. The standard InChI is InChI=1S/C14H19N3O3/c15-14(17-19)10-3-5-11(6-4-10)16-13(18)8-7-12-2-1-9-20-12/h3-6,12,19H,1-2,7-9H2,(H2,15,17)(H,16,18). The Bertz CT molecular complexity index is 479. The smallest absolute Gasteiger partial charge is 0.224 e. The Balaban J connectivity index is 1.81. The number of amides is 1. The Morgan fingerprint density at radius 1 is 1.45 bits per heavy atom. The van der Waals surface area contributed by atoms with Crippen molar-refractivity contribution in [2.45, 2.75) is 31.8 Å². The van der Waals surface area contributed by atoms with Crippen molar-refractivity contribution < 1.29 is 14.7 Å². The molecule has 4 N–H and O–H groups in total. The number of hydrogen-bond acceptors (Lipinski definition) is 4. The number of amidine groups is 1. The summed E-state index contributed by atoms with van der Waals surface area (Å²) in [5, 5.41) is 14.3. The van der Waals surface area contributed by atoms with E-state index in [1.807, 2.05) is 0 Å². The van der Waals surface area contributed by atoms with Gasteiger partial charge in [-0.3, -0.25) is 4.79 Å². The third-order valence-electron chi connectivity index (χ3n) is 3.29. The molecule has 0 saturated carbocycles. The Kier molecular flexibility index (Phi) is 4.95. The van der Waals surface area contributed by atoms with Crippen molar-refractivity contribution in [1.82, 2.24) is 0 Å². The highest BCUT2D eigenvalue weighted by Gasteiger charge is 2.16. The van der Waals surface area contributed by atoms with Crippen molar-refractivity contribution in [3.05, 3.63) is 29.8 Å². The second kappa shape index (κ2) is 6.91. The molecule has 1 heterocycles. The van der Waals surface area contributed by atoms with E-state index in [0.717, 1.165) is 25.9 Å². The van der Waals surface area contributed by atoms with Crippen LogP contribution >= 0.6 is 0 Å². The van der Waals surface area contributed by atoms with Gasteiger partial charge in [-0.1, -0.05) is 5.16 Å². The average Bonchev–Trinajstić information content (AvgIpc) is 2.98. The van der Waals surface area contributed by atoms with Crippen LogP contribution in [0, 0.1) is 0 Å². The lowest BCUT2D eigenvalue weighted by atomic mass is 10.1. The summed E-state index contributed by atoms with van der Waals surface area (Å²) in [4.78, 5) is 11.8. The van der Waals surface area contributed by atoms with Gasteiger partial charge in [-0.15, -0.1) is 0 Å². The second-order valence-corrected chi connectivity index (χ2v) is 4.78. The van der Waals surface area contributed by atoms with Crippen molar-refractivity contribution in [2.24, 2.45) is 10.9 Å². The van der Waals surface area contributed by atoms with Gasteiger partial charge in [0.15, 0.2) is 5.84 Å². The van der Waals surface area contributed by atoms with E-state index in [1.54, 1.807) is 24.3 Å². The molecule has 20 heavy (non-hydrogen) atoms. The number of rotatable bonds is 5. The second-order valence-electron chi connectivity index (χ2n) is 4.78. The fraction of sp³-hybridized carbons (Fsp3) is 0.429. The molecule has 1 atom stereocenters. The molecule has 0 aliphatic carbocycles. The zero-order chi connectivity index (χ0) is 14.4. The number of ether oxygens (including phenoxy) is 1. The fourth-order valence-corrected chi connectivity index (χ4v) is 2.17. The van der Waals surface area contributed by atoms with Crippen LogP contribution in [0.2, 0.25) is 0 Å². The zero-order valence-electron chi connectivity index (χ0n) is 11.2. The van der Waals surface area contributed by atoms with Crippen LogP contribution in [0.15, 0.2) is 29.4 Å². The van der Waals surface area contributed by atoms with Gasteiger partial charge in [0.05, 0.1) is 6.10 Å². The normalized spacial score (nSPS) is 19.0. The van der Waals surface area contributed by atoms with Crippen LogP contribution in [0.3, 0.4) is 0 Å². The summed E-state index contributed by atoms with van der Waals surface area (Å²) in [5.74, 6) is 0.0123. The van der Waals surface area contributed by atoms with Crippen LogP contribution in [0.4, 0.5) is 5.69 Å². The highest BCUT2D eigenvalue weighted by atomic mass is 16.5. The predicted molar refractivity (Wildman–Crippen MR) is 75.8 cm³/mol. The van der Waals surface area contributed by atoms with E-state index in [9.17, 15) is 4.79 Å². The van der Waals surface area contributed by atoms with Crippen LogP contribution in [0.5, 0.6) is 0 Å². The molecule has 0 radical (unpaired) electrons. The molecular formula is C14H19N3O3. The number of nitrogens with one attached hydrogen (secondary N) is 1. The summed E-state index contributed by atoms with van der Waals surface area (Å²) in [6.45, 7) is 0.807. The zero-order valence-corrected chi connectivity index (χ0v) is 11.2. The summed E-state index contributed by atoms with van der Waals surface area (Å²) in [7, 11) is 0. The molecule has 6 nitrogen and oxygen atoms in total. The van der Waals surface area contributed by atoms with Crippen molar-refractivity contribution in [1.29, 1.82) is 0 Å². The molecule has 0 aromatic heterocycles. The minimum atomic E-state index is -0.0305. The van der Waals surface area contributed by atoms with E-state index in [0.29, 0.717) is 17.7 Å². The summed E-state index contributed by atoms with van der Waals surface area (Å²) < 4.78 is 5.48. The molecule has 108 valence electrons. The van der Waals surface area contributed by atoms with Gasteiger partial charge in [-0.2, -0.15) is 0 Å². The van der Waals surface area contributed by atoms with Gasteiger partial charge in [0.1, 0.15) is 0 Å². The summed E-state index contributed by atoms with van der Waals surface area (Å²) in [6, 6.07) is 6.81. The number of nitrogens with two attached hydrogens (primary N) is 1. The first-order valence-corrected chi connectivity index (χ1v) is 6.68. The van der Waals surface area contributed by atoms with Crippen molar-refractivity contribution in [3.8, 4) is 0 Å². The molecule has 1 amide bonds. The summed E-state index contributed by atoms with van der Waals surface area (Å²) in [6.07, 6.45) is 3.56. The highest BCUT2D eigenvalue weighted by molar-refractivity contribution is 5.98. The Hall–Kier alpha value is -2.08. The van der Waals surface area contributed by atoms with Crippen LogP contribution < -0.4 is 11.1 Å². The Morgan fingerprint density at radius 3 is 2.80 bits per heavy atom. The minimum Gasteiger partial charge on any atom is -0.409 e. The van der Waals surface area contributed by atoms with Gasteiger partial charge < -0.3 is 21.0 Å². The number of carbonyl (C=O) groups excluding carboxylic acids is 1. The molecule has 1 aliphatic heterocycles. The van der Waals surface area contributed by atoms with Gasteiger partial charge >= 0.3 is 0 Å². The van der Waals surface area contributed by atoms with E-state index in [2.05, 4.69) is 10.5 Å². The molecule has 0 spiro atoms. The summed E-state index contributed by atoms with van der Waals surface area (Å²) >= 11 is 0.